The fourth-order valence-electron chi connectivity index (χ4n) is 1.61. The molecule has 0 saturated heterocycles. The van der Waals surface area contributed by atoms with Crippen molar-refractivity contribution in [3.05, 3.63) is 39.9 Å². The van der Waals surface area contributed by atoms with E-state index >= 15 is 0 Å². The lowest BCUT2D eigenvalue weighted by molar-refractivity contribution is -0.385. The van der Waals surface area contributed by atoms with Gasteiger partial charge >= 0.3 is 0 Å². The van der Waals surface area contributed by atoms with E-state index in [1.54, 1.807) is 25.2 Å². The van der Waals surface area contributed by atoms with Crippen molar-refractivity contribution < 1.29 is 9.72 Å². The molecular formula is C12H17N3O3. The molecule has 0 fully saturated rings. The zero-order valence-corrected chi connectivity index (χ0v) is 10.5. The quantitative estimate of drug-likeness (QED) is 0.630. The summed E-state index contributed by atoms with van der Waals surface area (Å²) in [4.78, 5) is 23.6. The van der Waals surface area contributed by atoms with Crippen LogP contribution >= 0.6 is 0 Å². The molecule has 6 nitrogen and oxygen atoms in total. The summed E-state index contributed by atoms with van der Waals surface area (Å²) in [5.41, 5.74) is 6.16. The van der Waals surface area contributed by atoms with Gasteiger partial charge in [-0.25, -0.2) is 0 Å². The van der Waals surface area contributed by atoms with E-state index in [-0.39, 0.29) is 18.1 Å². The number of carbonyl (C=O) groups is 1. The van der Waals surface area contributed by atoms with Gasteiger partial charge in [0.2, 0.25) is 5.91 Å². The van der Waals surface area contributed by atoms with Gasteiger partial charge in [0.1, 0.15) is 0 Å². The highest BCUT2D eigenvalue weighted by atomic mass is 16.6. The van der Waals surface area contributed by atoms with E-state index in [0.717, 1.165) is 0 Å². The van der Waals surface area contributed by atoms with Gasteiger partial charge in [-0.05, 0) is 6.42 Å². The summed E-state index contributed by atoms with van der Waals surface area (Å²) in [5.74, 6) is -0.212. The standard InChI is InChI=1S/C12H17N3O3/c1-3-10(13)12(16)14(2)8-9-6-4-5-7-11(9)15(17)18/h4-7,10H,3,8,13H2,1-2H3/t10-/m1/s1. The van der Waals surface area contributed by atoms with Crippen LogP contribution in [0.1, 0.15) is 18.9 Å². The number of nitro groups is 1. The van der Waals surface area contributed by atoms with Crippen LogP contribution in [0.15, 0.2) is 24.3 Å². The van der Waals surface area contributed by atoms with E-state index in [2.05, 4.69) is 0 Å². The lowest BCUT2D eigenvalue weighted by Crippen LogP contribution is -2.40. The van der Waals surface area contributed by atoms with Crippen LogP contribution < -0.4 is 5.73 Å². The Hall–Kier alpha value is -1.95. The number of hydrogen-bond acceptors (Lipinski definition) is 4. The van der Waals surface area contributed by atoms with Gasteiger partial charge < -0.3 is 10.6 Å². The zero-order chi connectivity index (χ0) is 13.7. The number of nitrogens with two attached hydrogens (primary N) is 1. The zero-order valence-electron chi connectivity index (χ0n) is 10.5. The molecule has 0 spiro atoms. The number of carbonyl (C=O) groups excluding carboxylic acids is 1. The van der Waals surface area contributed by atoms with Gasteiger partial charge in [-0.15, -0.1) is 0 Å². The van der Waals surface area contributed by atoms with Crippen molar-refractivity contribution >= 4 is 11.6 Å². The first-order chi connectivity index (χ1) is 8.47. The van der Waals surface area contributed by atoms with Gasteiger partial charge in [-0.2, -0.15) is 0 Å². The Balaban J connectivity index is 2.85. The maximum absolute atomic E-state index is 11.8. The summed E-state index contributed by atoms with van der Waals surface area (Å²) >= 11 is 0. The van der Waals surface area contributed by atoms with Crippen LogP contribution in [0.3, 0.4) is 0 Å². The molecule has 0 heterocycles. The number of benzene rings is 1. The topological polar surface area (TPSA) is 89.5 Å². The maximum Gasteiger partial charge on any atom is 0.274 e. The predicted molar refractivity (Wildman–Crippen MR) is 67.8 cm³/mol. The highest BCUT2D eigenvalue weighted by Crippen LogP contribution is 2.19. The largest absolute Gasteiger partial charge is 0.340 e. The van der Waals surface area contributed by atoms with Crippen molar-refractivity contribution in [2.24, 2.45) is 5.73 Å². The van der Waals surface area contributed by atoms with Gasteiger partial charge in [0.25, 0.3) is 5.69 Å². The molecule has 0 radical (unpaired) electrons. The SMILES string of the molecule is CC[C@@H](N)C(=O)N(C)Cc1ccccc1[N+](=O)[O-]. The van der Waals surface area contributed by atoms with Crippen molar-refractivity contribution in [1.82, 2.24) is 4.90 Å². The molecule has 0 aliphatic heterocycles. The first-order valence-corrected chi connectivity index (χ1v) is 5.70. The van der Waals surface area contributed by atoms with Crippen molar-refractivity contribution in [2.45, 2.75) is 25.9 Å². The van der Waals surface area contributed by atoms with Crippen LogP contribution in [-0.2, 0) is 11.3 Å². The molecule has 0 bridgehead atoms. The van der Waals surface area contributed by atoms with Crippen molar-refractivity contribution in [2.75, 3.05) is 7.05 Å². The Morgan fingerprint density at radius 2 is 2.11 bits per heavy atom. The summed E-state index contributed by atoms with van der Waals surface area (Å²) in [7, 11) is 1.59. The third-order valence-electron chi connectivity index (χ3n) is 2.73. The molecule has 1 aromatic carbocycles. The summed E-state index contributed by atoms with van der Waals surface area (Å²) in [6.45, 7) is 2.01. The second kappa shape index (κ2) is 6.11. The van der Waals surface area contributed by atoms with Crippen molar-refractivity contribution in [3.8, 4) is 0 Å². The third kappa shape index (κ3) is 3.27. The van der Waals surface area contributed by atoms with E-state index in [0.29, 0.717) is 12.0 Å². The Morgan fingerprint density at radius 1 is 1.50 bits per heavy atom. The maximum atomic E-state index is 11.8. The van der Waals surface area contributed by atoms with Gasteiger partial charge in [-0.1, -0.05) is 25.1 Å². The van der Waals surface area contributed by atoms with Crippen LogP contribution in [0, 0.1) is 10.1 Å². The van der Waals surface area contributed by atoms with Crippen LogP contribution in [0.4, 0.5) is 5.69 Å². The number of amides is 1. The fraction of sp³-hybridized carbons (Fsp3) is 0.417. The van der Waals surface area contributed by atoms with E-state index in [4.69, 9.17) is 5.73 Å². The summed E-state index contributed by atoms with van der Waals surface area (Å²) in [5, 5.41) is 10.8. The average molecular weight is 251 g/mol. The minimum absolute atomic E-state index is 0.0159. The molecule has 0 aromatic heterocycles. The number of nitrogens with zero attached hydrogens (tertiary/aromatic N) is 2. The highest BCUT2D eigenvalue weighted by molar-refractivity contribution is 5.81. The first-order valence-electron chi connectivity index (χ1n) is 5.70. The van der Waals surface area contributed by atoms with E-state index in [1.807, 2.05) is 6.92 Å². The van der Waals surface area contributed by atoms with Gasteiger partial charge in [0.15, 0.2) is 0 Å². The molecule has 1 amide bonds. The van der Waals surface area contributed by atoms with Crippen molar-refractivity contribution in [3.63, 3.8) is 0 Å². The molecule has 6 heteroatoms. The minimum Gasteiger partial charge on any atom is -0.340 e. The van der Waals surface area contributed by atoms with E-state index in [9.17, 15) is 14.9 Å². The second-order valence-corrected chi connectivity index (χ2v) is 4.09. The Labute approximate surface area is 106 Å². The lowest BCUT2D eigenvalue weighted by Gasteiger charge is -2.20. The lowest BCUT2D eigenvalue weighted by atomic mass is 10.1. The average Bonchev–Trinajstić information content (AvgIpc) is 2.37. The van der Waals surface area contributed by atoms with Crippen LogP contribution in [0.5, 0.6) is 0 Å². The molecule has 2 N–H and O–H groups in total. The molecule has 0 aliphatic rings. The second-order valence-electron chi connectivity index (χ2n) is 4.09. The highest BCUT2D eigenvalue weighted by Gasteiger charge is 2.19. The monoisotopic (exact) mass is 251 g/mol. The summed E-state index contributed by atoms with van der Waals surface area (Å²) < 4.78 is 0. The summed E-state index contributed by atoms with van der Waals surface area (Å²) in [6, 6.07) is 5.81. The number of hydrogen-bond donors (Lipinski definition) is 1. The number of likely N-dealkylation sites (N-methyl/N-ethyl adjacent to an activating group) is 1. The normalized spacial score (nSPS) is 11.9. The first kappa shape index (κ1) is 14.1. The number of para-hydroxylation sites is 1. The minimum atomic E-state index is -0.558. The fourth-order valence-corrected chi connectivity index (χ4v) is 1.61. The Morgan fingerprint density at radius 3 is 2.67 bits per heavy atom. The predicted octanol–water partition coefficient (Wildman–Crippen LogP) is 1.29. The third-order valence-corrected chi connectivity index (χ3v) is 2.73. The van der Waals surface area contributed by atoms with Crippen LogP contribution in [0.2, 0.25) is 0 Å². The molecule has 0 unspecified atom stereocenters. The molecule has 98 valence electrons. The van der Waals surface area contributed by atoms with Crippen molar-refractivity contribution in [1.29, 1.82) is 0 Å². The number of rotatable bonds is 5. The van der Waals surface area contributed by atoms with Gasteiger partial charge in [-0.3, -0.25) is 14.9 Å². The molecule has 1 aromatic rings. The van der Waals surface area contributed by atoms with E-state index < -0.39 is 11.0 Å². The van der Waals surface area contributed by atoms with Crippen LogP contribution in [-0.4, -0.2) is 28.8 Å². The van der Waals surface area contributed by atoms with Gasteiger partial charge in [0, 0.05) is 18.7 Å². The molecule has 1 atom stereocenters. The molecule has 0 aliphatic carbocycles. The van der Waals surface area contributed by atoms with Crippen LogP contribution in [0.25, 0.3) is 0 Å². The molecule has 1 rings (SSSR count). The number of nitro benzene ring substituents is 1. The smallest absolute Gasteiger partial charge is 0.274 e. The molecule has 18 heavy (non-hydrogen) atoms. The molecule has 0 saturated carbocycles. The van der Waals surface area contributed by atoms with E-state index in [1.165, 1.54) is 11.0 Å². The Kier molecular flexibility index (Phi) is 4.79. The molecular weight excluding hydrogens is 234 g/mol. The Bertz CT molecular complexity index is 448. The summed E-state index contributed by atoms with van der Waals surface area (Å²) in [6.07, 6.45) is 0.542. The van der Waals surface area contributed by atoms with Gasteiger partial charge in [0.05, 0.1) is 17.5 Å².